The lowest BCUT2D eigenvalue weighted by molar-refractivity contribution is -0.133. The Labute approximate surface area is 102 Å². The van der Waals surface area contributed by atoms with Gasteiger partial charge in [-0.1, -0.05) is 26.3 Å². The van der Waals surface area contributed by atoms with E-state index in [4.69, 9.17) is 9.66 Å². The summed E-state index contributed by atoms with van der Waals surface area (Å²) in [6, 6.07) is 0. The monoisotopic (exact) mass is 264 g/mol. The van der Waals surface area contributed by atoms with Crippen molar-refractivity contribution >= 4 is 16.1 Å². The van der Waals surface area contributed by atoms with E-state index in [1.165, 1.54) is 6.92 Å². The lowest BCUT2D eigenvalue weighted by Gasteiger charge is -2.23. The molecule has 0 aromatic heterocycles. The Kier molecular flexibility index (Phi) is 4.91. The molecule has 6 heteroatoms. The molecule has 17 heavy (non-hydrogen) atoms. The third-order valence-electron chi connectivity index (χ3n) is 2.49. The molecule has 0 fully saturated rings. The van der Waals surface area contributed by atoms with E-state index in [9.17, 15) is 13.2 Å². The molecule has 0 saturated carbocycles. The first-order valence-electron chi connectivity index (χ1n) is 5.27. The van der Waals surface area contributed by atoms with Crippen LogP contribution < -0.4 is 0 Å². The molecule has 100 valence electrons. The van der Waals surface area contributed by atoms with E-state index in [0.29, 0.717) is 5.57 Å². The van der Waals surface area contributed by atoms with Gasteiger partial charge in [0.1, 0.15) is 0 Å². The van der Waals surface area contributed by atoms with Crippen LogP contribution in [-0.2, 0) is 14.9 Å². The normalized spacial score (nSPS) is 16.4. The first kappa shape index (κ1) is 16.1. The Morgan fingerprint density at radius 2 is 1.71 bits per heavy atom. The topological polar surface area (TPSA) is 91.7 Å². The Morgan fingerprint density at radius 3 is 1.94 bits per heavy atom. The van der Waals surface area contributed by atoms with Gasteiger partial charge in [0.05, 0.1) is 5.25 Å². The van der Waals surface area contributed by atoms with Crippen molar-refractivity contribution in [2.75, 3.05) is 0 Å². The average Bonchev–Trinajstić information content (AvgIpc) is 1.97. The van der Waals surface area contributed by atoms with Crippen LogP contribution in [0.4, 0.5) is 0 Å². The Bertz CT molecular complexity index is 425. The summed E-state index contributed by atoms with van der Waals surface area (Å²) in [7, 11) is -4.13. The molecule has 0 aliphatic rings. The maximum atomic E-state index is 11.1. The summed E-state index contributed by atoms with van der Waals surface area (Å²) in [6.45, 7) is 8.17. The first-order valence-corrected chi connectivity index (χ1v) is 6.77. The number of hydrogen-bond donors (Lipinski definition) is 2. The number of rotatable bonds is 4. The number of aliphatic carboxylic acids is 1. The van der Waals surface area contributed by atoms with Crippen LogP contribution in [0.25, 0.3) is 0 Å². The van der Waals surface area contributed by atoms with Crippen molar-refractivity contribution in [3.8, 4) is 0 Å². The fourth-order valence-electron chi connectivity index (χ4n) is 1.78. The van der Waals surface area contributed by atoms with Gasteiger partial charge in [-0.3, -0.25) is 4.55 Å². The van der Waals surface area contributed by atoms with Crippen LogP contribution in [0.15, 0.2) is 11.1 Å². The van der Waals surface area contributed by atoms with Gasteiger partial charge in [0.2, 0.25) is 0 Å². The third kappa shape index (κ3) is 4.87. The Hall–Kier alpha value is -0.880. The summed E-state index contributed by atoms with van der Waals surface area (Å²) < 4.78 is 30.6. The second kappa shape index (κ2) is 5.18. The van der Waals surface area contributed by atoms with Gasteiger partial charge >= 0.3 is 5.97 Å². The number of carboxylic acid groups (broad SMARTS) is 1. The molecule has 2 N–H and O–H groups in total. The van der Waals surface area contributed by atoms with Gasteiger partial charge in [0, 0.05) is 5.57 Å². The second-order valence-electron chi connectivity index (χ2n) is 5.24. The first-order chi connectivity index (χ1) is 7.37. The van der Waals surface area contributed by atoms with Crippen LogP contribution in [0.1, 0.15) is 41.0 Å². The molecule has 1 atom stereocenters. The van der Waals surface area contributed by atoms with Gasteiger partial charge in [-0.25, -0.2) is 4.79 Å². The standard InChI is InChI=1S/C11H20O5S/c1-7(6-8(2)17(14,15)16)9(10(12)13)11(3,4)5/h8H,6H2,1-5H3,(H,12,13)(H,14,15,16). The summed E-state index contributed by atoms with van der Waals surface area (Å²) in [5.41, 5.74) is 0.0811. The molecule has 0 aliphatic carbocycles. The van der Waals surface area contributed by atoms with E-state index in [1.54, 1.807) is 27.7 Å². The van der Waals surface area contributed by atoms with Crippen molar-refractivity contribution in [3.63, 3.8) is 0 Å². The van der Waals surface area contributed by atoms with E-state index >= 15 is 0 Å². The van der Waals surface area contributed by atoms with Crippen LogP contribution in [0, 0.1) is 5.41 Å². The molecule has 0 rings (SSSR count). The van der Waals surface area contributed by atoms with Gasteiger partial charge in [-0.15, -0.1) is 0 Å². The maximum absolute atomic E-state index is 11.1. The van der Waals surface area contributed by atoms with Crippen LogP contribution in [0.5, 0.6) is 0 Å². The molecule has 1 unspecified atom stereocenters. The highest BCUT2D eigenvalue weighted by Crippen LogP contribution is 2.30. The zero-order chi connectivity index (χ0) is 14.0. The fraction of sp³-hybridized carbons (Fsp3) is 0.727. The molecule has 0 radical (unpaired) electrons. The van der Waals surface area contributed by atoms with E-state index in [-0.39, 0.29) is 12.0 Å². The Morgan fingerprint density at radius 1 is 1.29 bits per heavy atom. The molecule has 0 saturated heterocycles. The SMILES string of the molecule is CC(CC(C)S(=O)(=O)O)=C(C(=O)O)C(C)(C)C. The number of hydrogen-bond acceptors (Lipinski definition) is 3. The van der Waals surface area contributed by atoms with E-state index in [2.05, 4.69) is 0 Å². The molecular weight excluding hydrogens is 244 g/mol. The second-order valence-corrected chi connectivity index (χ2v) is 7.07. The van der Waals surface area contributed by atoms with Crippen molar-refractivity contribution in [1.29, 1.82) is 0 Å². The fourth-order valence-corrected chi connectivity index (χ4v) is 2.24. The van der Waals surface area contributed by atoms with Crippen molar-refractivity contribution in [2.45, 2.75) is 46.3 Å². The molecule has 0 aliphatic heterocycles. The minimum absolute atomic E-state index is 0.0116. The predicted octanol–water partition coefficient (Wildman–Crippen LogP) is 2.10. The van der Waals surface area contributed by atoms with Crippen LogP contribution in [0.3, 0.4) is 0 Å². The van der Waals surface area contributed by atoms with Gasteiger partial charge in [-0.05, 0) is 25.7 Å². The van der Waals surface area contributed by atoms with Crippen molar-refractivity contribution in [3.05, 3.63) is 11.1 Å². The van der Waals surface area contributed by atoms with Crippen molar-refractivity contribution in [1.82, 2.24) is 0 Å². The third-order valence-corrected chi connectivity index (χ3v) is 3.68. The highest BCUT2D eigenvalue weighted by atomic mass is 32.2. The molecule has 5 nitrogen and oxygen atoms in total. The van der Waals surface area contributed by atoms with Gasteiger partial charge in [-0.2, -0.15) is 8.42 Å². The molecule has 0 aromatic carbocycles. The largest absolute Gasteiger partial charge is 0.478 e. The lowest BCUT2D eigenvalue weighted by Crippen LogP contribution is -2.23. The van der Waals surface area contributed by atoms with Crippen LogP contribution in [-0.4, -0.2) is 29.3 Å². The maximum Gasteiger partial charge on any atom is 0.332 e. The molecule has 0 spiro atoms. The smallest absolute Gasteiger partial charge is 0.332 e. The van der Waals surface area contributed by atoms with E-state index in [0.717, 1.165) is 0 Å². The van der Waals surface area contributed by atoms with Crippen molar-refractivity contribution in [2.24, 2.45) is 5.41 Å². The van der Waals surface area contributed by atoms with Crippen LogP contribution >= 0.6 is 0 Å². The van der Waals surface area contributed by atoms with Gasteiger partial charge in [0.15, 0.2) is 0 Å². The van der Waals surface area contributed by atoms with Gasteiger partial charge < -0.3 is 5.11 Å². The number of carboxylic acids is 1. The van der Waals surface area contributed by atoms with Crippen LogP contribution in [0.2, 0.25) is 0 Å². The zero-order valence-electron chi connectivity index (χ0n) is 10.8. The highest BCUT2D eigenvalue weighted by Gasteiger charge is 2.28. The molecule has 0 amide bonds. The quantitative estimate of drug-likeness (QED) is 0.599. The number of allylic oxidation sites excluding steroid dienone is 1. The molecule has 0 heterocycles. The highest BCUT2D eigenvalue weighted by molar-refractivity contribution is 7.86. The molecule has 0 bridgehead atoms. The summed E-state index contributed by atoms with van der Waals surface area (Å²) in [4.78, 5) is 11.1. The summed E-state index contributed by atoms with van der Waals surface area (Å²) in [6.07, 6.45) is 0.0116. The van der Waals surface area contributed by atoms with Crippen molar-refractivity contribution < 1.29 is 22.9 Å². The summed E-state index contributed by atoms with van der Waals surface area (Å²) >= 11 is 0. The zero-order valence-corrected chi connectivity index (χ0v) is 11.6. The minimum Gasteiger partial charge on any atom is -0.478 e. The van der Waals surface area contributed by atoms with E-state index in [1.807, 2.05) is 0 Å². The number of carbonyl (C=O) groups is 1. The van der Waals surface area contributed by atoms with Gasteiger partial charge in [0.25, 0.3) is 10.1 Å². The lowest BCUT2D eigenvalue weighted by atomic mass is 9.82. The predicted molar refractivity (Wildman–Crippen MR) is 65.4 cm³/mol. The summed E-state index contributed by atoms with van der Waals surface area (Å²) in [5.74, 6) is -1.06. The minimum atomic E-state index is -4.13. The summed E-state index contributed by atoms with van der Waals surface area (Å²) in [5, 5.41) is 8.12. The average molecular weight is 264 g/mol. The molecular formula is C11H20O5S. The van der Waals surface area contributed by atoms with E-state index < -0.39 is 26.8 Å². The Balaban J connectivity index is 5.35. The molecule has 0 aromatic rings.